The van der Waals surface area contributed by atoms with E-state index in [-0.39, 0.29) is 11.8 Å². The largest absolute Gasteiger partial charge is 0.351 e. The Morgan fingerprint density at radius 2 is 2.00 bits per heavy atom. The molecule has 0 aliphatic heterocycles. The van der Waals surface area contributed by atoms with E-state index in [1.807, 2.05) is 43.2 Å². The molecule has 0 bridgehead atoms. The molecule has 1 aromatic heterocycles. The van der Waals surface area contributed by atoms with E-state index in [1.165, 1.54) is 11.3 Å². The Bertz CT molecular complexity index is 695. The van der Waals surface area contributed by atoms with Crippen molar-refractivity contribution in [1.82, 2.24) is 5.32 Å². The molecule has 1 heterocycles. The van der Waals surface area contributed by atoms with Crippen molar-refractivity contribution in [2.45, 2.75) is 33.6 Å². The number of rotatable bonds is 7. The molecule has 128 valence electrons. The van der Waals surface area contributed by atoms with Gasteiger partial charge in [-0.15, -0.1) is 11.3 Å². The fourth-order valence-electron chi connectivity index (χ4n) is 2.56. The summed E-state index contributed by atoms with van der Waals surface area (Å²) in [5.74, 6) is 0.0240. The van der Waals surface area contributed by atoms with Crippen molar-refractivity contribution in [2.24, 2.45) is 0 Å². The maximum Gasteiger partial charge on any atom is 0.261 e. The van der Waals surface area contributed by atoms with Gasteiger partial charge >= 0.3 is 0 Å². The van der Waals surface area contributed by atoms with Gasteiger partial charge in [0.05, 0.1) is 4.88 Å². The Morgan fingerprint density at radius 1 is 1.21 bits per heavy atom. The molecule has 4 nitrogen and oxygen atoms in total. The van der Waals surface area contributed by atoms with Crippen LogP contribution in [0.4, 0.5) is 5.69 Å². The molecule has 0 spiro atoms. The maximum absolute atomic E-state index is 12.5. The first kappa shape index (κ1) is 18.2. The van der Waals surface area contributed by atoms with Crippen molar-refractivity contribution in [2.75, 3.05) is 18.0 Å². The molecule has 0 aliphatic carbocycles. The second-order valence-corrected chi connectivity index (χ2v) is 6.71. The van der Waals surface area contributed by atoms with E-state index in [0.717, 1.165) is 16.8 Å². The Hall–Kier alpha value is -2.14. The van der Waals surface area contributed by atoms with Gasteiger partial charge in [0.15, 0.2) is 0 Å². The van der Waals surface area contributed by atoms with Gasteiger partial charge in [0, 0.05) is 25.2 Å². The fraction of sp³-hybridized carbons (Fsp3) is 0.368. The maximum atomic E-state index is 12.5. The molecule has 24 heavy (non-hydrogen) atoms. The van der Waals surface area contributed by atoms with Crippen LogP contribution in [-0.2, 0) is 4.79 Å². The molecular weight excluding hydrogens is 320 g/mol. The lowest BCUT2D eigenvalue weighted by Gasteiger charge is -2.23. The van der Waals surface area contributed by atoms with Crippen LogP contribution in [0.15, 0.2) is 35.7 Å². The molecular formula is C19H24N2O2S. The van der Waals surface area contributed by atoms with Crippen LogP contribution in [0.1, 0.15) is 40.6 Å². The number of carbonyl (C=O) groups excluding carboxylic acids is 2. The highest BCUT2D eigenvalue weighted by Crippen LogP contribution is 2.22. The number of carbonyl (C=O) groups is 2. The van der Waals surface area contributed by atoms with E-state index in [1.54, 1.807) is 6.07 Å². The van der Waals surface area contributed by atoms with Crippen LogP contribution in [0.3, 0.4) is 0 Å². The van der Waals surface area contributed by atoms with Gasteiger partial charge in [-0.3, -0.25) is 9.59 Å². The van der Waals surface area contributed by atoms with E-state index < -0.39 is 0 Å². The highest BCUT2D eigenvalue weighted by molar-refractivity contribution is 7.12. The summed E-state index contributed by atoms with van der Waals surface area (Å²) < 4.78 is 0. The zero-order chi connectivity index (χ0) is 17.5. The molecule has 0 atom stereocenters. The summed E-state index contributed by atoms with van der Waals surface area (Å²) in [6, 6.07) is 9.80. The van der Waals surface area contributed by atoms with Crippen molar-refractivity contribution in [3.8, 4) is 0 Å². The van der Waals surface area contributed by atoms with Gasteiger partial charge in [-0.25, -0.2) is 0 Å². The van der Waals surface area contributed by atoms with Gasteiger partial charge < -0.3 is 10.2 Å². The summed E-state index contributed by atoms with van der Waals surface area (Å²) in [5, 5.41) is 4.74. The molecule has 2 aromatic rings. The Labute approximate surface area is 147 Å². The lowest BCUT2D eigenvalue weighted by Crippen LogP contribution is -2.32. The molecule has 0 saturated heterocycles. The minimum absolute atomic E-state index is 0.0701. The number of hydrogen-bond acceptors (Lipinski definition) is 3. The Balaban J connectivity index is 1.86. The van der Waals surface area contributed by atoms with Gasteiger partial charge in [-0.2, -0.15) is 0 Å². The van der Waals surface area contributed by atoms with E-state index in [4.69, 9.17) is 0 Å². The number of amides is 2. The van der Waals surface area contributed by atoms with Crippen molar-refractivity contribution < 1.29 is 9.59 Å². The average molecular weight is 344 g/mol. The van der Waals surface area contributed by atoms with E-state index in [9.17, 15) is 9.59 Å². The average Bonchev–Trinajstić information content (AvgIpc) is 3.10. The Kier molecular flexibility index (Phi) is 6.55. The predicted molar refractivity (Wildman–Crippen MR) is 99.8 cm³/mol. The van der Waals surface area contributed by atoms with Crippen molar-refractivity contribution >= 4 is 28.8 Å². The summed E-state index contributed by atoms with van der Waals surface area (Å²) >= 11 is 1.42. The molecule has 2 rings (SSSR count). The molecule has 1 N–H and O–H groups in total. The molecule has 0 aliphatic rings. The summed E-state index contributed by atoms with van der Waals surface area (Å²) in [6.45, 7) is 7.18. The highest BCUT2D eigenvalue weighted by atomic mass is 32.1. The third-order valence-corrected chi connectivity index (χ3v) is 4.74. The van der Waals surface area contributed by atoms with Crippen molar-refractivity contribution in [3.63, 3.8) is 0 Å². The van der Waals surface area contributed by atoms with E-state index in [2.05, 4.69) is 17.4 Å². The molecule has 2 amide bonds. The zero-order valence-corrected chi connectivity index (χ0v) is 15.3. The Morgan fingerprint density at radius 3 is 2.67 bits per heavy atom. The highest BCUT2D eigenvalue weighted by Gasteiger charge is 2.16. The van der Waals surface area contributed by atoms with Crippen LogP contribution in [0.25, 0.3) is 0 Å². The zero-order valence-electron chi connectivity index (χ0n) is 14.5. The number of anilines is 1. The molecule has 1 aromatic carbocycles. The summed E-state index contributed by atoms with van der Waals surface area (Å²) in [6.07, 6.45) is 1.06. The number of benzene rings is 1. The van der Waals surface area contributed by atoms with Crippen LogP contribution < -0.4 is 10.2 Å². The molecule has 0 radical (unpaired) electrons. The number of hydrogen-bond donors (Lipinski definition) is 1. The molecule has 0 saturated carbocycles. The number of nitrogens with zero attached hydrogens (tertiary/aromatic N) is 1. The second-order valence-electron chi connectivity index (χ2n) is 5.76. The smallest absolute Gasteiger partial charge is 0.261 e. The van der Waals surface area contributed by atoms with Gasteiger partial charge in [-0.05, 0) is 55.8 Å². The molecule has 0 unspecified atom stereocenters. The number of aryl methyl sites for hydroxylation is 2. The minimum atomic E-state index is -0.0701. The third-order valence-electron chi connectivity index (χ3n) is 3.87. The fourth-order valence-corrected chi connectivity index (χ4v) is 3.20. The third kappa shape index (κ3) is 4.68. The van der Waals surface area contributed by atoms with Gasteiger partial charge in [-0.1, -0.05) is 18.2 Å². The lowest BCUT2D eigenvalue weighted by atomic mass is 10.1. The van der Waals surface area contributed by atoms with Crippen LogP contribution >= 0.6 is 11.3 Å². The molecule has 5 heteroatoms. The topological polar surface area (TPSA) is 49.4 Å². The number of thiophene rings is 1. The van der Waals surface area contributed by atoms with E-state index in [0.29, 0.717) is 30.8 Å². The van der Waals surface area contributed by atoms with Crippen molar-refractivity contribution in [3.05, 3.63) is 51.7 Å². The van der Waals surface area contributed by atoms with E-state index >= 15 is 0 Å². The number of nitrogens with one attached hydrogen (secondary N) is 1. The first-order chi connectivity index (χ1) is 11.5. The summed E-state index contributed by atoms with van der Waals surface area (Å²) in [5.41, 5.74) is 3.22. The molecule has 0 fully saturated rings. The van der Waals surface area contributed by atoms with Gasteiger partial charge in [0.1, 0.15) is 0 Å². The van der Waals surface area contributed by atoms with Crippen LogP contribution in [0, 0.1) is 13.8 Å². The normalized spacial score (nSPS) is 10.5. The first-order valence-electron chi connectivity index (χ1n) is 8.22. The minimum Gasteiger partial charge on any atom is -0.351 e. The standard InChI is InChI=1S/C19H24N2O2S/c1-4-21(16-13-14(2)9-10-15(16)3)18(22)8-5-11-20-19(23)17-7-6-12-24-17/h6-7,9-10,12-13H,4-5,8,11H2,1-3H3,(H,20,23). The van der Waals surface area contributed by atoms with Gasteiger partial charge in [0.2, 0.25) is 5.91 Å². The second kappa shape index (κ2) is 8.64. The van der Waals surface area contributed by atoms with Crippen LogP contribution in [0.2, 0.25) is 0 Å². The summed E-state index contributed by atoms with van der Waals surface area (Å²) in [7, 11) is 0. The SMILES string of the molecule is CCN(C(=O)CCCNC(=O)c1cccs1)c1cc(C)ccc1C. The monoisotopic (exact) mass is 344 g/mol. The lowest BCUT2D eigenvalue weighted by molar-refractivity contribution is -0.118. The van der Waals surface area contributed by atoms with Crippen molar-refractivity contribution in [1.29, 1.82) is 0 Å². The van der Waals surface area contributed by atoms with Crippen LogP contribution in [0.5, 0.6) is 0 Å². The van der Waals surface area contributed by atoms with Crippen LogP contribution in [-0.4, -0.2) is 24.9 Å². The van der Waals surface area contributed by atoms with Gasteiger partial charge in [0.25, 0.3) is 5.91 Å². The first-order valence-corrected chi connectivity index (χ1v) is 9.10. The summed E-state index contributed by atoms with van der Waals surface area (Å²) in [4.78, 5) is 26.9. The predicted octanol–water partition coefficient (Wildman–Crippen LogP) is 3.93. The quantitative estimate of drug-likeness (QED) is 0.774.